The summed E-state index contributed by atoms with van der Waals surface area (Å²) in [7, 11) is 0. The summed E-state index contributed by atoms with van der Waals surface area (Å²) in [6, 6.07) is -0.826. The number of aliphatic hydroxyl groups is 8. The molecule has 12 atom stereocenters. The van der Waals surface area contributed by atoms with E-state index in [0.717, 1.165) is 64.2 Å². The minimum Gasteiger partial charge on any atom is -0.394 e. The van der Waals surface area contributed by atoms with E-state index < -0.39 is 86.8 Å². The van der Waals surface area contributed by atoms with Crippen LogP contribution in [0.4, 0.5) is 0 Å². The summed E-state index contributed by atoms with van der Waals surface area (Å²) in [5.41, 5.74) is 0. The van der Waals surface area contributed by atoms with Gasteiger partial charge in [-0.3, -0.25) is 4.79 Å². The Hall–Kier alpha value is -1.27. The number of unbranched alkanes of at least 4 members (excludes halogenated alkanes) is 20. The Morgan fingerprint density at radius 3 is 1.66 bits per heavy atom. The molecule has 0 saturated carbocycles. The zero-order valence-electron chi connectivity index (χ0n) is 36.5. The average Bonchev–Trinajstić information content (AvgIpc) is 3.23. The number of carbonyl (C=O) groups is 1. The molecule has 0 radical (unpaired) electrons. The highest BCUT2D eigenvalue weighted by molar-refractivity contribution is 5.76. The number of carbonyl (C=O) groups excluding carboxylic acids is 1. The number of rotatable bonds is 35. The molecule has 14 nitrogen and oxygen atoms in total. The van der Waals surface area contributed by atoms with Crippen LogP contribution in [-0.2, 0) is 23.7 Å². The van der Waals surface area contributed by atoms with Gasteiger partial charge in [-0.2, -0.15) is 0 Å². The van der Waals surface area contributed by atoms with Gasteiger partial charge in [0.05, 0.1) is 32.0 Å². The highest BCUT2D eigenvalue weighted by atomic mass is 16.7. The van der Waals surface area contributed by atoms with Crippen molar-refractivity contribution in [3.05, 3.63) is 12.2 Å². The summed E-state index contributed by atoms with van der Waals surface area (Å²) >= 11 is 0. The number of hydrogen-bond donors (Lipinski definition) is 9. The van der Waals surface area contributed by atoms with E-state index >= 15 is 0 Å². The summed E-state index contributed by atoms with van der Waals surface area (Å²) in [4.78, 5) is 13.1. The van der Waals surface area contributed by atoms with E-state index in [4.69, 9.17) is 18.9 Å². The average molecular weight is 848 g/mol. The summed E-state index contributed by atoms with van der Waals surface area (Å²) in [5.74, 6) is -0.219. The highest BCUT2D eigenvalue weighted by Gasteiger charge is 2.51. The monoisotopic (exact) mass is 848 g/mol. The van der Waals surface area contributed by atoms with Crippen molar-refractivity contribution in [1.29, 1.82) is 0 Å². The minimum absolute atomic E-state index is 0.219. The zero-order valence-corrected chi connectivity index (χ0v) is 36.5. The van der Waals surface area contributed by atoms with Crippen LogP contribution in [0.1, 0.15) is 174 Å². The van der Waals surface area contributed by atoms with Crippen molar-refractivity contribution in [1.82, 2.24) is 5.32 Å². The smallest absolute Gasteiger partial charge is 0.220 e. The standard InChI is InChI=1S/C45H85NO13/c1-3-5-7-9-11-13-15-16-17-19-20-22-24-26-28-34(49)33(46-37(50)29-27-25-23-21-18-14-12-10-8-6-4-2)32-56-44-42(55)40(53)43(36(31-48)58-44)59-45-41(54)39(52)38(51)35(30-47)57-45/h10,12,33-36,38-45,47-49,51-55H,3-9,11,13-32H2,1-2H3,(H,46,50)/b12-10-. The minimum atomic E-state index is -1.78. The molecule has 0 spiro atoms. The Balaban J connectivity index is 1.88. The maximum absolute atomic E-state index is 13.1. The molecule has 2 rings (SSSR count). The first-order valence-corrected chi connectivity index (χ1v) is 23.4. The molecule has 0 aliphatic carbocycles. The summed E-state index contributed by atoms with van der Waals surface area (Å²) < 4.78 is 22.7. The molecule has 0 aromatic carbocycles. The fourth-order valence-corrected chi connectivity index (χ4v) is 7.80. The second-order valence-electron chi connectivity index (χ2n) is 16.9. The molecule has 9 N–H and O–H groups in total. The first-order chi connectivity index (χ1) is 28.6. The molecule has 2 heterocycles. The summed E-state index contributed by atoms with van der Waals surface area (Å²) in [6.07, 6.45) is 15.1. The van der Waals surface area contributed by atoms with E-state index in [1.807, 2.05) is 0 Å². The molecule has 59 heavy (non-hydrogen) atoms. The molecule has 0 aromatic rings. The van der Waals surface area contributed by atoms with Crippen LogP contribution < -0.4 is 5.32 Å². The first kappa shape index (κ1) is 53.9. The van der Waals surface area contributed by atoms with Crippen molar-refractivity contribution in [3.63, 3.8) is 0 Å². The van der Waals surface area contributed by atoms with Crippen LogP contribution in [0.3, 0.4) is 0 Å². The quantitative estimate of drug-likeness (QED) is 0.0308. The molecule has 12 unspecified atom stereocenters. The highest BCUT2D eigenvalue weighted by Crippen LogP contribution is 2.30. The van der Waals surface area contributed by atoms with Crippen LogP contribution >= 0.6 is 0 Å². The number of ether oxygens (including phenoxy) is 4. The van der Waals surface area contributed by atoms with Crippen LogP contribution in [0.5, 0.6) is 0 Å². The SMILES string of the molecule is CCCC/C=C\CCCCCCCC(=O)NC(COC1OC(CO)C(OC2OC(CO)C(O)C(O)C2O)C(O)C1O)C(O)CCCCCCCCCCCCCCCC. The van der Waals surface area contributed by atoms with Crippen LogP contribution in [0.15, 0.2) is 12.2 Å². The van der Waals surface area contributed by atoms with Crippen LogP contribution in [0.2, 0.25) is 0 Å². The van der Waals surface area contributed by atoms with Gasteiger partial charge in [-0.15, -0.1) is 0 Å². The molecule has 2 aliphatic rings. The van der Waals surface area contributed by atoms with Gasteiger partial charge in [-0.1, -0.05) is 148 Å². The van der Waals surface area contributed by atoms with E-state index in [0.29, 0.717) is 19.3 Å². The van der Waals surface area contributed by atoms with Crippen molar-refractivity contribution in [2.75, 3.05) is 19.8 Å². The Bertz CT molecular complexity index is 1050. The van der Waals surface area contributed by atoms with Crippen molar-refractivity contribution in [2.24, 2.45) is 0 Å². The van der Waals surface area contributed by atoms with Crippen LogP contribution in [-0.4, -0.2) is 140 Å². The number of amides is 1. The largest absolute Gasteiger partial charge is 0.394 e. The van der Waals surface area contributed by atoms with Gasteiger partial charge in [-0.05, 0) is 32.1 Å². The second-order valence-corrected chi connectivity index (χ2v) is 16.9. The van der Waals surface area contributed by atoms with Gasteiger partial charge in [0.15, 0.2) is 12.6 Å². The van der Waals surface area contributed by atoms with Gasteiger partial charge in [0.2, 0.25) is 5.91 Å². The fraction of sp³-hybridized carbons (Fsp3) is 0.933. The van der Waals surface area contributed by atoms with Crippen molar-refractivity contribution in [3.8, 4) is 0 Å². The number of nitrogens with one attached hydrogen (secondary N) is 1. The summed E-state index contributed by atoms with van der Waals surface area (Å²) in [5, 5.41) is 86.6. The first-order valence-electron chi connectivity index (χ1n) is 23.4. The van der Waals surface area contributed by atoms with Crippen molar-refractivity contribution < 1.29 is 64.6 Å². The number of aliphatic hydroxyl groups excluding tert-OH is 8. The third kappa shape index (κ3) is 21.6. The molecule has 2 fully saturated rings. The van der Waals surface area contributed by atoms with E-state index in [1.54, 1.807) is 0 Å². The van der Waals surface area contributed by atoms with Crippen LogP contribution in [0, 0.1) is 0 Å². The maximum Gasteiger partial charge on any atom is 0.220 e. The molecule has 348 valence electrons. The van der Waals surface area contributed by atoms with E-state index in [-0.39, 0.29) is 12.5 Å². The molecule has 2 aliphatic heterocycles. The van der Waals surface area contributed by atoms with E-state index in [2.05, 4.69) is 31.3 Å². The number of hydrogen-bond acceptors (Lipinski definition) is 13. The normalized spacial score (nSPS) is 28.6. The van der Waals surface area contributed by atoms with Crippen LogP contribution in [0.25, 0.3) is 0 Å². The van der Waals surface area contributed by atoms with Gasteiger partial charge < -0.3 is 65.1 Å². The molecular formula is C45H85NO13. The van der Waals surface area contributed by atoms with Gasteiger partial charge in [0.25, 0.3) is 0 Å². The molecular weight excluding hydrogens is 762 g/mol. The molecule has 14 heteroatoms. The second kappa shape index (κ2) is 33.3. The van der Waals surface area contributed by atoms with Crippen molar-refractivity contribution >= 4 is 5.91 Å². The Morgan fingerprint density at radius 1 is 0.593 bits per heavy atom. The molecule has 1 amide bonds. The molecule has 0 bridgehead atoms. The molecule has 2 saturated heterocycles. The Kier molecular flexibility index (Phi) is 30.4. The Labute approximate surface area is 355 Å². The fourth-order valence-electron chi connectivity index (χ4n) is 7.80. The third-order valence-electron chi connectivity index (χ3n) is 11.7. The lowest BCUT2D eigenvalue weighted by molar-refractivity contribution is -0.359. The van der Waals surface area contributed by atoms with Gasteiger partial charge in [0.1, 0.15) is 48.8 Å². The van der Waals surface area contributed by atoms with Gasteiger partial charge >= 0.3 is 0 Å². The summed E-state index contributed by atoms with van der Waals surface area (Å²) in [6.45, 7) is 2.78. The molecule has 0 aromatic heterocycles. The number of allylic oxidation sites excluding steroid dienone is 2. The van der Waals surface area contributed by atoms with E-state index in [1.165, 1.54) is 77.0 Å². The predicted octanol–water partition coefficient (Wildman–Crippen LogP) is 4.82. The van der Waals surface area contributed by atoms with Gasteiger partial charge in [-0.25, -0.2) is 0 Å². The zero-order chi connectivity index (χ0) is 43.3. The lowest BCUT2D eigenvalue weighted by Crippen LogP contribution is -2.65. The predicted molar refractivity (Wildman–Crippen MR) is 226 cm³/mol. The topological polar surface area (TPSA) is 228 Å². The van der Waals surface area contributed by atoms with E-state index in [9.17, 15) is 45.6 Å². The maximum atomic E-state index is 13.1. The lowest BCUT2D eigenvalue weighted by atomic mass is 9.97. The van der Waals surface area contributed by atoms with Gasteiger partial charge in [0, 0.05) is 6.42 Å². The van der Waals surface area contributed by atoms with Crippen molar-refractivity contribution in [2.45, 2.75) is 248 Å². The third-order valence-corrected chi connectivity index (χ3v) is 11.7. The lowest BCUT2D eigenvalue weighted by Gasteiger charge is -2.46. The Morgan fingerprint density at radius 2 is 1.08 bits per heavy atom.